The summed E-state index contributed by atoms with van der Waals surface area (Å²) in [6, 6.07) is 15.0. The zero-order valence-corrected chi connectivity index (χ0v) is 16.3. The summed E-state index contributed by atoms with van der Waals surface area (Å²) in [6.07, 6.45) is 1.65. The van der Waals surface area contributed by atoms with Crippen molar-refractivity contribution in [1.82, 2.24) is 15.1 Å². The summed E-state index contributed by atoms with van der Waals surface area (Å²) in [6.45, 7) is 1.66. The number of hydrogen-bond acceptors (Lipinski definition) is 5. The highest BCUT2D eigenvalue weighted by molar-refractivity contribution is 5.97. The van der Waals surface area contributed by atoms with Crippen molar-refractivity contribution >= 4 is 11.9 Å². The second-order valence-corrected chi connectivity index (χ2v) is 6.51. The summed E-state index contributed by atoms with van der Waals surface area (Å²) in [7, 11) is 0. The number of rotatable bonds is 7. The monoisotopic (exact) mass is 406 g/mol. The Morgan fingerprint density at radius 2 is 1.87 bits per heavy atom. The third kappa shape index (κ3) is 5.08. The van der Waals surface area contributed by atoms with E-state index in [1.807, 2.05) is 37.3 Å². The molecule has 0 aliphatic rings. The Bertz CT molecular complexity index is 1080. The summed E-state index contributed by atoms with van der Waals surface area (Å²) in [4.78, 5) is 24.4. The number of aryl methyl sites for hydroxylation is 1. The highest BCUT2D eigenvalue weighted by Crippen LogP contribution is 2.25. The molecule has 0 saturated carbocycles. The van der Waals surface area contributed by atoms with Gasteiger partial charge in [0.2, 0.25) is 0 Å². The van der Waals surface area contributed by atoms with Crippen LogP contribution >= 0.6 is 0 Å². The van der Waals surface area contributed by atoms with E-state index in [0.717, 1.165) is 5.56 Å². The first-order chi connectivity index (χ1) is 14.5. The lowest BCUT2D eigenvalue weighted by atomic mass is 10.1. The fourth-order valence-corrected chi connectivity index (χ4v) is 2.69. The predicted octanol–water partition coefficient (Wildman–Crippen LogP) is 3.17. The van der Waals surface area contributed by atoms with Gasteiger partial charge >= 0.3 is 5.97 Å². The lowest BCUT2D eigenvalue weighted by Gasteiger charge is -2.05. The number of esters is 1. The number of nitriles is 1. The quantitative estimate of drug-likeness (QED) is 0.480. The minimum Gasteiger partial charge on any atom is -0.452 e. The maximum atomic E-state index is 13.2. The molecule has 3 rings (SSSR count). The van der Waals surface area contributed by atoms with Gasteiger partial charge in [0.1, 0.15) is 17.1 Å². The van der Waals surface area contributed by atoms with Gasteiger partial charge in [-0.15, -0.1) is 0 Å². The third-order valence-corrected chi connectivity index (χ3v) is 4.24. The van der Waals surface area contributed by atoms with Crippen molar-refractivity contribution in [2.24, 2.45) is 0 Å². The zero-order chi connectivity index (χ0) is 21.5. The topological polar surface area (TPSA) is 97.0 Å². The molecule has 0 bridgehead atoms. The average molecular weight is 406 g/mol. The van der Waals surface area contributed by atoms with Crippen LogP contribution in [0.15, 0.2) is 54.7 Å². The number of hydrogen-bond donors (Lipinski definition) is 1. The fourth-order valence-electron chi connectivity index (χ4n) is 2.69. The number of benzene rings is 2. The van der Waals surface area contributed by atoms with Crippen molar-refractivity contribution < 1.29 is 18.7 Å². The minimum absolute atomic E-state index is 0.168. The van der Waals surface area contributed by atoms with E-state index in [-0.39, 0.29) is 24.3 Å². The number of nitrogens with one attached hydrogen (secondary N) is 1. The number of amides is 1. The minimum atomic E-state index is -0.714. The van der Waals surface area contributed by atoms with Crippen LogP contribution in [0.1, 0.15) is 22.3 Å². The van der Waals surface area contributed by atoms with Gasteiger partial charge in [0.25, 0.3) is 5.91 Å². The van der Waals surface area contributed by atoms with Crippen LogP contribution in [0.4, 0.5) is 4.39 Å². The molecule has 1 heterocycles. The van der Waals surface area contributed by atoms with E-state index in [2.05, 4.69) is 10.4 Å². The van der Waals surface area contributed by atoms with Gasteiger partial charge in [-0.2, -0.15) is 10.4 Å². The third-order valence-electron chi connectivity index (χ3n) is 4.24. The molecular weight excluding hydrogens is 387 g/mol. The molecule has 0 unspecified atom stereocenters. The van der Waals surface area contributed by atoms with Gasteiger partial charge in [-0.1, -0.05) is 29.8 Å². The molecule has 0 atom stereocenters. The summed E-state index contributed by atoms with van der Waals surface area (Å²) in [5.41, 5.74) is 2.88. The zero-order valence-electron chi connectivity index (χ0n) is 16.3. The second kappa shape index (κ2) is 9.47. The first kappa shape index (κ1) is 20.7. The van der Waals surface area contributed by atoms with Gasteiger partial charge in [0, 0.05) is 18.3 Å². The van der Waals surface area contributed by atoms with E-state index in [0.29, 0.717) is 16.9 Å². The van der Waals surface area contributed by atoms with Gasteiger partial charge < -0.3 is 10.1 Å². The lowest BCUT2D eigenvalue weighted by molar-refractivity contribution is -0.124. The Hall–Kier alpha value is -3.99. The molecular formula is C22H19FN4O3. The Morgan fingerprint density at radius 1 is 1.17 bits per heavy atom. The molecule has 1 amide bonds. The molecule has 8 heteroatoms. The molecule has 152 valence electrons. The van der Waals surface area contributed by atoms with Crippen molar-refractivity contribution in [3.05, 3.63) is 71.7 Å². The molecule has 2 aromatic carbocycles. The first-order valence-electron chi connectivity index (χ1n) is 9.21. The van der Waals surface area contributed by atoms with E-state index in [1.165, 1.54) is 23.0 Å². The van der Waals surface area contributed by atoms with E-state index in [4.69, 9.17) is 10.00 Å². The molecule has 1 N–H and O–H groups in total. The Balaban J connectivity index is 1.86. The van der Waals surface area contributed by atoms with Crippen LogP contribution in [-0.4, -0.2) is 34.8 Å². The molecule has 3 aromatic rings. The summed E-state index contributed by atoms with van der Waals surface area (Å²) in [5.74, 6) is -1.59. The van der Waals surface area contributed by atoms with Crippen LogP contribution in [0.2, 0.25) is 0 Å². The van der Waals surface area contributed by atoms with E-state index in [9.17, 15) is 14.0 Å². The van der Waals surface area contributed by atoms with Crippen molar-refractivity contribution in [3.8, 4) is 23.0 Å². The van der Waals surface area contributed by atoms with Crippen LogP contribution in [0.5, 0.6) is 0 Å². The highest BCUT2D eigenvalue weighted by atomic mass is 19.1. The molecule has 0 radical (unpaired) electrons. The predicted molar refractivity (Wildman–Crippen MR) is 107 cm³/mol. The van der Waals surface area contributed by atoms with Crippen molar-refractivity contribution in [3.63, 3.8) is 0 Å². The Labute approximate surface area is 172 Å². The van der Waals surface area contributed by atoms with Crippen molar-refractivity contribution in [2.45, 2.75) is 13.3 Å². The Kier molecular flexibility index (Phi) is 6.55. The summed E-state index contributed by atoms with van der Waals surface area (Å²) >= 11 is 0. The van der Waals surface area contributed by atoms with Gasteiger partial charge in [-0.25, -0.2) is 13.9 Å². The smallest absolute Gasteiger partial charge is 0.342 e. The summed E-state index contributed by atoms with van der Waals surface area (Å²) < 4.78 is 19.8. The number of halogens is 1. The molecule has 0 fully saturated rings. The SMILES string of the molecule is Cc1ccc(-c2nn(-c3ccc(F)cc3)cc2C(=O)OCC(=O)NCCC#N)cc1. The molecule has 0 saturated heterocycles. The second-order valence-electron chi connectivity index (χ2n) is 6.51. The van der Waals surface area contributed by atoms with Gasteiger partial charge in [0.15, 0.2) is 6.61 Å². The maximum absolute atomic E-state index is 13.2. The molecule has 0 aliphatic carbocycles. The fraction of sp³-hybridized carbons (Fsp3) is 0.182. The van der Waals surface area contributed by atoms with E-state index >= 15 is 0 Å². The lowest BCUT2D eigenvalue weighted by Crippen LogP contribution is -2.29. The standard InChI is InChI=1S/C22H19FN4O3/c1-15-3-5-16(6-4-15)21-19(22(29)30-14-20(28)25-12-2-11-24)13-27(26-21)18-9-7-17(23)8-10-18/h3-10,13H,2,12,14H2,1H3,(H,25,28). The molecule has 0 spiro atoms. The number of carbonyl (C=O) groups is 2. The van der Waals surface area contributed by atoms with Crippen LogP contribution in [0, 0.1) is 24.1 Å². The van der Waals surface area contributed by atoms with Gasteiger partial charge in [-0.3, -0.25) is 4.79 Å². The normalized spacial score (nSPS) is 10.3. The van der Waals surface area contributed by atoms with Crippen molar-refractivity contribution in [2.75, 3.05) is 13.2 Å². The first-order valence-corrected chi connectivity index (χ1v) is 9.21. The number of nitrogens with zero attached hydrogens (tertiary/aromatic N) is 3. The molecule has 1 aromatic heterocycles. The van der Waals surface area contributed by atoms with Crippen LogP contribution in [-0.2, 0) is 9.53 Å². The van der Waals surface area contributed by atoms with E-state index < -0.39 is 18.5 Å². The van der Waals surface area contributed by atoms with E-state index in [1.54, 1.807) is 12.1 Å². The number of carbonyl (C=O) groups excluding carboxylic acids is 2. The van der Waals surface area contributed by atoms with Crippen LogP contribution in [0.3, 0.4) is 0 Å². The molecule has 7 nitrogen and oxygen atoms in total. The number of aromatic nitrogens is 2. The summed E-state index contributed by atoms with van der Waals surface area (Å²) in [5, 5.41) is 15.5. The van der Waals surface area contributed by atoms with Crippen LogP contribution in [0.25, 0.3) is 16.9 Å². The van der Waals surface area contributed by atoms with Gasteiger partial charge in [-0.05, 0) is 31.2 Å². The molecule has 0 aliphatic heterocycles. The van der Waals surface area contributed by atoms with Crippen LogP contribution < -0.4 is 5.32 Å². The Morgan fingerprint density at radius 3 is 2.53 bits per heavy atom. The van der Waals surface area contributed by atoms with Gasteiger partial charge in [0.05, 0.1) is 18.2 Å². The molecule has 30 heavy (non-hydrogen) atoms. The van der Waals surface area contributed by atoms with Crippen molar-refractivity contribution in [1.29, 1.82) is 5.26 Å². The largest absolute Gasteiger partial charge is 0.452 e. The highest BCUT2D eigenvalue weighted by Gasteiger charge is 2.21. The maximum Gasteiger partial charge on any atom is 0.342 e. The average Bonchev–Trinajstić information content (AvgIpc) is 3.19. The number of ether oxygens (including phenoxy) is 1.